The van der Waals surface area contributed by atoms with E-state index in [0.717, 1.165) is 83.1 Å². The number of piperidine rings is 1. The van der Waals surface area contributed by atoms with Gasteiger partial charge in [0.25, 0.3) is 0 Å². The molecule has 0 saturated carbocycles. The van der Waals surface area contributed by atoms with Gasteiger partial charge in [0, 0.05) is 71.1 Å². The van der Waals surface area contributed by atoms with E-state index in [9.17, 15) is 4.79 Å². The summed E-state index contributed by atoms with van der Waals surface area (Å²) in [6.07, 6.45) is 5.62. The number of ether oxygens (including phenoxy) is 1. The van der Waals surface area contributed by atoms with Crippen LogP contribution in [0.15, 0.2) is 29.3 Å². The molecule has 0 aliphatic carbocycles. The second-order valence-electron chi connectivity index (χ2n) is 8.39. The van der Waals surface area contributed by atoms with E-state index >= 15 is 0 Å². The molecule has 8 heteroatoms. The van der Waals surface area contributed by atoms with Crippen LogP contribution < -0.4 is 15.5 Å². The van der Waals surface area contributed by atoms with Crippen LogP contribution in [0.2, 0.25) is 0 Å². The van der Waals surface area contributed by atoms with Crippen molar-refractivity contribution in [1.29, 1.82) is 0 Å². The number of hydrogen-bond acceptors (Lipinski definition) is 4. The van der Waals surface area contributed by atoms with Crippen molar-refractivity contribution in [1.82, 2.24) is 15.5 Å². The van der Waals surface area contributed by atoms with E-state index in [1.165, 1.54) is 5.56 Å². The second kappa shape index (κ2) is 14.7. The molecule has 0 radical (unpaired) electrons. The van der Waals surface area contributed by atoms with Crippen LogP contribution in [-0.4, -0.2) is 75.8 Å². The van der Waals surface area contributed by atoms with E-state index in [2.05, 4.69) is 34.6 Å². The fourth-order valence-electron chi connectivity index (χ4n) is 4.40. The zero-order chi connectivity index (χ0) is 21.9. The van der Waals surface area contributed by atoms with Gasteiger partial charge in [-0.1, -0.05) is 18.2 Å². The highest BCUT2D eigenvalue weighted by atomic mass is 127. The number of halogens is 1. The van der Waals surface area contributed by atoms with Gasteiger partial charge in [-0.05, 0) is 50.7 Å². The molecule has 1 aromatic carbocycles. The van der Waals surface area contributed by atoms with Crippen LogP contribution in [0.3, 0.4) is 0 Å². The van der Waals surface area contributed by atoms with Gasteiger partial charge < -0.3 is 25.2 Å². The molecule has 3 rings (SSSR count). The van der Waals surface area contributed by atoms with Crippen LogP contribution in [0.25, 0.3) is 0 Å². The number of fused-ring (bicyclic) bond motifs is 1. The molecule has 1 aromatic rings. The van der Waals surface area contributed by atoms with E-state index < -0.39 is 0 Å². The van der Waals surface area contributed by atoms with Crippen molar-refractivity contribution < 1.29 is 9.53 Å². The van der Waals surface area contributed by atoms with Crippen molar-refractivity contribution in [2.75, 3.05) is 57.9 Å². The molecule has 0 unspecified atom stereocenters. The Hall–Kier alpha value is -1.39. The van der Waals surface area contributed by atoms with E-state index in [0.29, 0.717) is 19.0 Å². The first kappa shape index (κ1) is 26.9. The molecule has 180 valence electrons. The Labute approximate surface area is 210 Å². The molecule has 1 amide bonds. The Morgan fingerprint density at radius 2 is 1.97 bits per heavy atom. The Bertz CT molecular complexity index is 722. The minimum atomic E-state index is 0. The number of carbonyl (C=O) groups is 1. The lowest BCUT2D eigenvalue weighted by atomic mass is 10.1. The minimum absolute atomic E-state index is 0. The number of anilines is 1. The number of guanidine groups is 1. The number of benzene rings is 1. The maximum absolute atomic E-state index is 12.7. The standard InChI is InChI=1S/C24H39N5O2.HI/c1-3-25-24(27-21-12-16-28(17-13-21)15-7-19-31-2)26-14-6-10-23(30)29-18-11-20-8-4-5-9-22(20)29;/h4-5,8-9,21H,3,6-7,10-19H2,1-2H3,(H2,25,26,27);1H. The third kappa shape index (κ3) is 8.19. The number of likely N-dealkylation sites (tertiary alicyclic amines) is 1. The van der Waals surface area contributed by atoms with Crippen LogP contribution in [0.5, 0.6) is 0 Å². The number of nitrogens with one attached hydrogen (secondary N) is 2. The summed E-state index contributed by atoms with van der Waals surface area (Å²) in [5, 5.41) is 6.95. The Balaban J connectivity index is 0.00000363. The monoisotopic (exact) mass is 557 g/mol. The molecule has 1 saturated heterocycles. The van der Waals surface area contributed by atoms with Crippen molar-refractivity contribution in [2.24, 2.45) is 4.99 Å². The van der Waals surface area contributed by atoms with Crippen molar-refractivity contribution >= 4 is 41.5 Å². The Morgan fingerprint density at radius 3 is 2.72 bits per heavy atom. The number of amides is 1. The molecule has 0 bridgehead atoms. The van der Waals surface area contributed by atoms with Gasteiger partial charge in [-0.3, -0.25) is 9.79 Å². The Morgan fingerprint density at radius 1 is 1.19 bits per heavy atom. The zero-order valence-corrected chi connectivity index (χ0v) is 22.0. The molecule has 0 aromatic heterocycles. The maximum atomic E-state index is 12.7. The fourth-order valence-corrected chi connectivity index (χ4v) is 4.40. The van der Waals surface area contributed by atoms with Gasteiger partial charge in [-0.15, -0.1) is 24.0 Å². The van der Waals surface area contributed by atoms with Crippen LogP contribution in [0.4, 0.5) is 5.69 Å². The smallest absolute Gasteiger partial charge is 0.227 e. The summed E-state index contributed by atoms with van der Waals surface area (Å²) in [6.45, 7) is 8.57. The summed E-state index contributed by atoms with van der Waals surface area (Å²) in [6, 6.07) is 8.67. The van der Waals surface area contributed by atoms with E-state index in [-0.39, 0.29) is 29.9 Å². The number of methoxy groups -OCH3 is 1. The van der Waals surface area contributed by atoms with Gasteiger partial charge in [0.05, 0.1) is 0 Å². The van der Waals surface area contributed by atoms with Crippen LogP contribution in [0.1, 0.15) is 44.6 Å². The summed E-state index contributed by atoms with van der Waals surface area (Å²) < 4.78 is 5.15. The molecule has 32 heavy (non-hydrogen) atoms. The summed E-state index contributed by atoms with van der Waals surface area (Å²) in [7, 11) is 1.76. The first-order valence-corrected chi connectivity index (χ1v) is 11.9. The third-order valence-electron chi connectivity index (χ3n) is 6.10. The Kier molecular flexibility index (Phi) is 12.3. The molecule has 0 spiro atoms. The summed E-state index contributed by atoms with van der Waals surface area (Å²) in [4.78, 5) is 21.8. The highest BCUT2D eigenvalue weighted by Gasteiger charge is 2.23. The predicted molar refractivity (Wildman–Crippen MR) is 142 cm³/mol. The number of carbonyl (C=O) groups excluding carboxylic acids is 1. The van der Waals surface area contributed by atoms with E-state index in [1.54, 1.807) is 7.11 Å². The van der Waals surface area contributed by atoms with Gasteiger partial charge in [0.15, 0.2) is 5.96 Å². The number of nitrogens with zero attached hydrogens (tertiary/aromatic N) is 3. The zero-order valence-electron chi connectivity index (χ0n) is 19.6. The molecular formula is C24H40IN5O2. The number of hydrogen-bond donors (Lipinski definition) is 2. The summed E-state index contributed by atoms with van der Waals surface area (Å²) >= 11 is 0. The first-order chi connectivity index (χ1) is 15.2. The third-order valence-corrected chi connectivity index (χ3v) is 6.10. The summed E-state index contributed by atoms with van der Waals surface area (Å²) in [5.74, 6) is 1.08. The summed E-state index contributed by atoms with van der Waals surface area (Å²) in [5.41, 5.74) is 2.36. The van der Waals surface area contributed by atoms with Crippen molar-refractivity contribution in [3.05, 3.63) is 29.8 Å². The topological polar surface area (TPSA) is 69.2 Å². The highest BCUT2D eigenvalue weighted by Crippen LogP contribution is 2.28. The van der Waals surface area contributed by atoms with Crippen molar-refractivity contribution in [2.45, 2.75) is 51.5 Å². The number of rotatable bonds is 10. The lowest BCUT2D eigenvalue weighted by molar-refractivity contribution is -0.118. The number of aliphatic imine (C=N–C) groups is 1. The van der Waals surface area contributed by atoms with Gasteiger partial charge in [0.2, 0.25) is 5.91 Å². The first-order valence-electron chi connectivity index (χ1n) is 11.9. The van der Waals surface area contributed by atoms with Crippen LogP contribution in [0, 0.1) is 0 Å². The molecule has 2 N–H and O–H groups in total. The molecule has 7 nitrogen and oxygen atoms in total. The highest BCUT2D eigenvalue weighted by molar-refractivity contribution is 14.0. The van der Waals surface area contributed by atoms with Crippen LogP contribution in [-0.2, 0) is 16.0 Å². The minimum Gasteiger partial charge on any atom is -0.385 e. The van der Waals surface area contributed by atoms with Crippen molar-refractivity contribution in [3.63, 3.8) is 0 Å². The number of para-hydroxylation sites is 1. The van der Waals surface area contributed by atoms with Gasteiger partial charge in [-0.2, -0.15) is 0 Å². The largest absolute Gasteiger partial charge is 0.385 e. The molecular weight excluding hydrogens is 517 g/mol. The average Bonchev–Trinajstić information content (AvgIpc) is 3.22. The lowest BCUT2D eigenvalue weighted by Gasteiger charge is -2.33. The van der Waals surface area contributed by atoms with Crippen LogP contribution >= 0.6 is 24.0 Å². The van der Waals surface area contributed by atoms with E-state index in [4.69, 9.17) is 9.73 Å². The average molecular weight is 558 g/mol. The predicted octanol–water partition coefficient (Wildman–Crippen LogP) is 3.03. The molecule has 1 fully saturated rings. The normalized spacial score (nSPS) is 17.1. The molecule has 0 atom stereocenters. The van der Waals surface area contributed by atoms with Gasteiger partial charge in [0.1, 0.15) is 0 Å². The van der Waals surface area contributed by atoms with Crippen molar-refractivity contribution in [3.8, 4) is 0 Å². The second-order valence-corrected chi connectivity index (χ2v) is 8.39. The molecule has 2 aliphatic rings. The quantitative estimate of drug-likeness (QED) is 0.201. The lowest BCUT2D eigenvalue weighted by Crippen LogP contribution is -2.48. The molecule has 2 heterocycles. The molecule has 2 aliphatic heterocycles. The SMILES string of the molecule is CCNC(=NCCCC(=O)N1CCc2ccccc21)NC1CCN(CCCOC)CC1.I. The maximum Gasteiger partial charge on any atom is 0.227 e. The van der Waals surface area contributed by atoms with Gasteiger partial charge >= 0.3 is 0 Å². The van der Waals surface area contributed by atoms with Gasteiger partial charge in [-0.25, -0.2) is 0 Å². The van der Waals surface area contributed by atoms with E-state index in [1.807, 2.05) is 17.0 Å². The fraction of sp³-hybridized carbons (Fsp3) is 0.667.